The number of ether oxygens (including phenoxy) is 1. The van der Waals surface area contributed by atoms with Gasteiger partial charge in [-0.25, -0.2) is 4.79 Å². The van der Waals surface area contributed by atoms with Crippen LogP contribution in [0.1, 0.15) is 41.6 Å². The van der Waals surface area contributed by atoms with Crippen LogP contribution in [-0.4, -0.2) is 17.5 Å². The van der Waals surface area contributed by atoms with Gasteiger partial charge in [-0.05, 0) is 49.7 Å². The van der Waals surface area contributed by atoms with Crippen molar-refractivity contribution in [2.24, 2.45) is 0 Å². The van der Waals surface area contributed by atoms with Crippen molar-refractivity contribution in [2.45, 2.75) is 20.0 Å². The fraction of sp³-hybridized carbons (Fsp3) is 0.182. The smallest absolute Gasteiger partial charge is 0.347 e. The summed E-state index contributed by atoms with van der Waals surface area (Å²) in [5, 5.41) is 11.1. The van der Waals surface area contributed by atoms with E-state index in [0.29, 0.717) is 28.9 Å². The van der Waals surface area contributed by atoms with Crippen LogP contribution in [0, 0.1) is 0 Å². The third-order valence-corrected chi connectivity index (χ3v) is 4.51. The van der Waals surface area contributed by atoms with Crippen molar-refractivity contribution in [3.05, 3.63) is 75.8 Å². The molecule has 0 aliphatic rings. The highest BCUT2D eigenvalue weighted by atomic mass is 16.5. The highest BCUT2D eigenvalue weighted by Crippen LogP contribution is 2.31. The number of benzene rings is 2. The Morgan fingerprint density at radius 1 is 1.11 bits per heavy atom. The van der Waals surface area contributed by atoms with E-state index in [4.69, 9.17) is 13.6 Å². The molecule has 0 saturated carbocycles. The van der Waals surface area contributed by atoms with Crippen molar-refractivity contribution < 1.29 is 23.5 Å². The number of aliphatic hydroxyl groups excluding tert-OH is 1. The number of fused-ring (bicyclic) bond motifs is 2. The molecule has 28 heavy (non-hydrogen) atoms. The molecule has 0 aliphatic heterocycles. The Kier molecular flexibility index (Phi) is 4.49. The first-order valence-corrected chi connectivity index (χ1v) is 8.94. The van der Waals surface area contributed by atoms with Crippen LogP contribution in [0.15, 0.2) is 62.2 Å². The predicted octanol–water partition coefficient (Wildman–Crippen LogP) is 4.22. The number of furan rings is 1. The van der Waals surface area contributed by atoms with Crippen LogP contribution >= 0.6 is 0 Å². The van der Waals surface area contributed by atoms with Crippen molar-refractivity contribution in [1.82, 2.24) is 0 Å². The lowest BCUT2D eigenvalue weighted by atomic mass is 10.0. The van der Waals surface area contributed by atoms with Crippen LogP contribution in [0.2, 0.25) is 0 Å². The van der Waals surface area contributed by atoms with Gasteiger partial charge in [0.1, 0.15) is 22.5 Å². The molecule has 4 aromatic rings. The van der Waals surface area contributed by atoms with Gasteiger partial charge >= 0.3 is 5.63 Å². The summed E-state index contributed by atoms with van der Waals surface area (Å²) in [6, 6.07) is 13.5. The molecule has 0 spiro atoms. The molecular weight excluding hydrogens is 360 g/mol. The fourth-order valence-corrected chi connectivity index (χ4v) is 3.11. The molecule has 2 aromatic carbocycles. The second-order valence-electron chi connectivity index (χ2n) is 6.46. The van der Waals surface area contributed by atoms with Crippen LogP contribution in [0.4, 0.5) is 0 Å². The number of hydrogen-bond acceptors (Lipinski definition) is 6. The zero-order chi connectivity index (χ0) is 19.8. The van der Waals surface area contributed by atoms with Crippen LogP contribution in [0.3, 0.4) is 0 Å². The molecule has 6 heteroatoms. The molecule has 0 radical (unpaired) electrons. The third kappa shape index (κ3) is 3.08. The maximum absolute atomic E-state index is 12.9. The van der Waals surface area contributed by atoms with E-state index in [-0.39, 0.29) is 16.9 Å². The molecule has 2 heterocycles. The minimum atomic E-state index is -0.775. The maximum atomic E-state index is 12.9. The van der Waals surface area contributed by atoms with Crippen LogP contribution in [0.25, 0.3) is 21.9 Å². The quantitative estimate of drug-likeness (QED) is 0.413. The summed E-state index contributed by atoms with van der Waals surface area (Å²) in [6.45, 7) is 3.80. The lowest BCUT2D eigenvalue weighted by Gasteiger charge is -2.12. The van der Waals surface area contributed by atoms with Gasteiger partial charge in [-0.15, -0.1) is 0 Å². The van der Waals surface area contributed by atoms with Crippen molar-refractivity contribution in [3.8, 4) is 5.75 Å². The summed E-state index contributed by atoms with van der Waals surface area (Å²) in [7, 11) is 0. The summed E-state index contributed by atoms with van der Waals surface area (Å²) in [6.07, 6.45) is -0.759. The standard InChI is InChI=1S/C22H18O6/c1-3-26-18-9-14(12(2)23)10-19-15(18)11-16(22(25)28-19)21(24)20-8-13-6-4-5-7-17(13)27-20/h4-12,23H,3H2,1-2H3. The Balaban J connectivity index is 1.88. The van der Waals surface area contributed by atoms with Gasteiger partial charge in [-0.2, -0.15) is 0 Å². The van der Waals surface area contributed by atoms with Gasteiger partial charge in [0.05, 0.1) is 18.1 Å². The van der Waals surface area contributed by atoms with Gasteiger partial charge in [0.25, 0.3) is 0 Å². The van der Waals surface area contributed by atoms with Gasteiger partial charge in [0.2, 0.25) is 5.78 Å². The summed E-state index contributed by atoms with van der Waals surface area (Å²) in [5.74, 6) is -0.0707. The van der Waals surface area contributed by atoms with Gasteiger partial charge in [0, 0.05) is 5.39 Å². The van der Waals surface area contributed by atoms with Crippen molar-refractivity contribution >= 4 is 27.7 Å². The molecule has 0 saturated heterocycles. The minimum Gasteiger partial charge on any atom is -0.493 e. The van der Waals surface area contributed by atoms with E-state index < -0.39 is 17.5 Å². The Morgan fingerprint density at radius 3 is 2.61 bits per heavy atom. The summed E-state index contributed by atoms with van der Waals surface area (Å²) < 4.78 is 16.6. The second-order valence-corrected chi connectivity index (χ2v) is 6.46. The number of carbonyl (C=O) groups excluding carboxylic acids is 1. The second kappa shape index (κ2) is 6.98. The topological polar surface area (TPSA) is 89.9 Å². The molecule has 1 unspecified atom stereocenters. The zero-order valence-corrected chi connectivity index (χ0v) is 15.4. The molecule has 1 atom stereocenters. The van der Waals surface area contributed by atoms with E-state index in [1.165, 1.54) is 6.07 Å². The number of carbonyl (C=O) groups is 1. The molecule has 0 amide bonds. The molecule has 6 nitrogen and oxygen atoms in total. The van der Waals surface area contributed by atoms with Crippen molar-refractivity contribution in [1.29, 1.82) is 0 Å². The molecule has 0 aliphatic carbocycles. The Bertz CT molecular complexity index is 1210. The first kappa shape index (κ1) is 18.0. The highest BCUT2D eigenvalue weighted by Gasteiger charge is 2.21. The molecule has 1 N–H and O–H groups in total. The maximum Gasteiger partial charge on any atom is 0.347 e. The van der Waals surface area contributed by atoms with E-state index in [2.05, 4.69) is 0 Å². The summed E-state index contributed by atoms with van der Waals surface area (Å²) >= 11 is 0. The normalized spacial score (nSPS) is 12.4. The molecule has 4 rings (SSSR count). The van der Waals surface area contributed by atoms with Gasteiger partial charge < -0.3 is 18.7 Å². The monoisotopic (exact) mass is 378 g/mol. The first-order valence-electron chi connectivity index (χ1n) is 8.94. The Labute approximate surface area is 160 Å². The average Bonchev–Trinajstić information content (AvgIpc) is 3.11. The van der Waals surface area contributed by atoms with E-state index in [1.807, 2.05) is 19.1 Å². The third-order valence-electron chi connectivity index (χ3n) is 4.51. The van der Waals surface area contributed by atoms with Crippen molar-refractivity contribution in [2.75, 3.05) is 6.61 Å². The Hall–Kier alpha value is -3.38. The van der Waals surface area contributed by atoms with Gasteiger partial charge in [-0.3, -0.25) is 4.79 Å². The lowest BCUT2D eigenvalue weighted by molar-refractivity contribution is 0.101. The zero-order valence-electron chi connectivity index (χ0n) is 15.4. The van der Waals surface area contributed by atoms with E-state index in [1.54, 1.807) is 37.3 Å². The van der Waals surface area contributed by atoms with E-state index in [9.17, 15) is 14.7 Å². The molecule has 0 fully saturated rings. The summed E-state index contributed by atoms with van der Waals surface area (Å²) in [5.41, 5.74) is 0.441. The van der Waals surface area contributed by atoms with Gasteiger partial charge in [0.15, 0.2) is 5.76 Å². The lowest BCUT2D eigenvalue weighted by Crippen LogP contribution is -2.14. The molecule has 142 valence electrons. The predicted molar refractivity (Wildman–Crippen MR) is 104 cm³/mol. The highest BCUT2D eigenvalue weighted by molar-refractivity contribution is 6.10. The largest absolute Gasteiger partial charge is 0.493 e. The number of aliphatic hydroxyl groups is 1. The minimum absolute atomic E-state index is 0.0615. The average molecular weight is 378 g/mol. The van der Waals surface area contributed by atoms with Gasteiger partial charge in [-0.1, -0.05) is 18.2 Å². The van der Waals surface area contributed by atoms with Crippen molar-refractivity contribution in [3.63, 3.8) is 0 Å². The van der Waals surface area contributed by atoms with Crippen LogP contribution in [0.5, 0.6) is 5.75 Å². The van der Waals surface area contributed by atoms with Crippen LogP contribution in [-0.2, 0) is 0 Å². The van der Waals surface area contributed by atoms with E-state index >= 15 is 0 Å². The SMILES string of the molecule is CCOc1cc(C(C)O)cc2oc(=O)c(C(=O)c3cc4ccccc4o3)cc12. The number of ketones is 1. The summed E-state index contributed by atoms with van der Waals surface area (Å²) in [4.78, 5) is 25.4. The number of rotatable bonds is 5. The fourth-order valence-electron chi connectivity index (χ4n) is 3.11. The number of para-hydroxylation sites is 1. The molecular formula is C22H18O6. The molecule has 2 aromatic heterocycles. The first-order chi connectivity index (χ1) is 13.5. The molecule has 0 bridgehead atoms. The van der Waals surface area contributed by atoms with E-state index in [0.717, 1.165) is 5.39 Å². The Morgan fingerprint density at radius 2 is 1.89 bits per heavy atom. The van der Waals surface area contributed by atoms with Crippen LogP contribution < -0.4 is 10.4 Å². The number of hydrogen-bond donors (Lipinski definition) is 1.